The molecule has 1 aromatic carbocycles. The molecule has 0 radical (unpaired) electrons. The highest BCUT2D eigenvalue weighted by Gasteiger charge is 2.13. The molecule has 0 aliphatic carbocycles. The lowest BCUT2D eigenvalue weighted by molar-refractivity contribution is 0.924. The number of nitrogens with one attached hydrogen (secondary N) is 2. The summed E-state index contributed by atoms with van der Waals surface area (Å²) in [5, 5.41) is 11.5. The predicted octanol–water partition coefficient (Wildman–Crippen LogP) is 3.23. The molecule has 3 rings (SSSR count). The van der Waals surface area contributed by atoms with Gasteiger partial charge < -0.3 is 11.1 Å². The topological polar surface area (TPSA) is 79.6 Å². The highest BCUT2D eigenvalue weighted by Crippen LogP contribution is 2.32. The molecule has 112 valence electrons. The number of nitrogens with two attached hydrogens (primary N) is 1. The van der Waals surface area contributed by atoms with Crippen molar-refractivity contribution < 1.29 is 0 Å². The first kappa shape index (κ1) is 14.5. The Morgan fingerprint density at radius 3 is 2.77 bits per heavy atom. The van der Waals surface area contributed by atoms with Gasteiger partial charge >= 0.3 is 0 Å². The van der Waals surface area contributed by atoms with Crippen molar-refractivity contribution >= 4 is 34.1 Å². The number of rotatable bonds is 4. The number of hydrogen-bond acceptors (Lipinski definition) is 3. The zero-order chi connectivity index (χ0) is 15.5. The Kier molecular flexibility index (Phi) is 4.02. The van der Waals surface area contributed by atoms with E-state index in [1.807, 2.05) is 12.1 Å². The molecule has 0 spiro atoms. The average molecular weight is 311 g/mol. The second-order valence-corrected chi connectivity index (χ2v) is 5.55. The Labute approximate surface area is 133 Å². The summed E-state index contributed by atoms with van der Waals surface area (Å²) < 4.78 is 0. The Bertz CT molecular complexity index is 810. The molecule has 0 bridgehead atoms. The molecule has 0 aliphatic rings. The van der Waals surface area contributed by atoms with Crippen molar-refractivity contribution in [3.63, 3.8) is 0 Å². The number of thiocarbonyl (C=S) groups is 1. The van der Waals surface area contributed by atoms with Crippen LogP contribution in [0.15, 0.2) is 36.7 Å². The smallest absolute Gasteiger partial charge is 0.169 e. The minimum absolute atomic E-state index is 0.208. The van der Waals surface area contributed by atoms with Crippen LogP contribution in [0.2, 0.25) is 0 Å². The number of H-pyrrole nitrogens is 1. The van der Waals surface area contributed by atoms with E-state index in [-0.39, 0.29) is 5.11 Å². The van der Waals surface area contributed by atoms with Gasteiger partial charge in [-0.3, -0.25) is 10.1 Å². The Morgan fingerprint density at radius 1 is 1.32 bits per heavy atom. The number of benzene rings is 1. The van der Waals surface area contributed by atoms with Crippen LogP contribution in [-0.2, 0) is 6.42 Å². The van der Waals surface area contributed by atoms with Crippen LogP contribution >= 0.6 is 12.2 Å². The number of aromatic nitrogens is 3. The lowest BCUT2D eigenvalue weighted by Crippen LogP contribution is -2.19. The predicted molar refractivity (Wildman–Crippen MR) is 93.7 cm³/mol. The number of hydrogen-bond donors (Lipinski definition) is 3. The van der Waals surface area contributed by atoms with Crippen molar-refractivity contribution in [1.29, 1.82) is 0 Å². The van der Waals surface area contributed by atoms with E-state index in [1.165, 1.54) is 5.56 Å². The second kappa shape index (κ2) is 6.11. The minimum atomic E-state index is 0.208. The Hall–Kier alpha value is -2.47. The molecular weight excluding hydrogens is 294 g/mol. The van der Waals surface area contributed by atoms with Gasteiger partial charge in [0.05, 0.1) is 5.52 Å². The SMILES string of the molecule is CCCc1cc(-c2ccncc2)c2[nH]nc(NC(N)=S)c2c1. The van der Waals surface area contributed by atoms with Gasteiger partial charge in [-0.15, -0.1) is 0 Å². The van der Waals surface area contributed by atoms with Crippen LogP contribution < -0.4 is 11.1 Å². The molecule has 0 atom stereocenters. The van der Waals surface area contributed by atoms with Crippen molar-refractivity contribution in [3.8, 4) is 11.1 Å². The number of anilines is 1. The van der Waals surface area contributed by atoms with E-state index < -0.39 is 0 Å². The molecule has 5 nitrogen and oxygen atoms in total. The molecule has 0 unspecified atom stereocenters. The van der Waals surface area contributed by atoms with Crippen LogP contribution in [0.1, 0.15) is 18.9 Å². The van der Waals surface area contributed by atoms with Crippen molar-refractivity contribution in [2.75, 3.05) is 5.32 Å². The van der Waals surface area contributed by atoms with Gasteiger partial charge in [-0.1, -0.05) is 13.3 Å². The van der Waals surface area contributed by atoms with Crippen molar-refractivity contribution in [2.45, 2.75) is 19.8 Å². The first-order chi connectivity index (χ1) is 10.7. The third kappa shape index (κ3) is 2.78. The van der Waals surface area contributed by atoms with E-state index in [1.54, 1.807) is 12.4 Å². The van der Waals surface area contributed by atoms with Gasteiger partial charge in [-0.2, -0.15) is 5.10 Å². The number of aryl methyl sites for hydroxylation is 1. The normalized spacial score (nSPS) is 10.8. The van der Waals surface area contributed by atoms with Crippen LogP contribution in [-0.4, -0.2) is 20.3 Å². The van der Waals surface area contributed by atoms with Crippen molar-refractivity contribution in [1.82, 2.24) is 15.2 Å². The number of nitrogens with zero attached hydrogens (tertiary/aromatic N) is 2. The van der Waals surface area contributed by atoms with Gasteiger partial charge in [0.2, 0.25) is 0 Å². The average Bonchev–Trinajstić information content (AvgIpc) is 2.90. The largest absolute Gasteiger partial charge is 0.376 e. The third-order valence-electron chi connectivity index (χ3n) is 3.50. The van der Waals surface area contributed by atoms with Gasteiger partial charge in [0.15, 0.2) is 10.9 Å². The highest BCUT2D eigenvalue weighted by molar-refractivity contribution is 7.80. The van der Waals surface area contributed by atoms with Crippen LogP contribution in [0.4, 0.5) is 5.82 Å². The molecule has 0 saturated heterocycles. The third-order valence-corrected chi connectivity index (χ3v) is 3.61. The van der Waals surface area contributed by atoms with Gasteiger partial charge in [0.1, 0.15) is 0 Å². The minimum Gasteiger partial charge on any atom is -0.376 e. The molecular formula is C16H17N5S. The van der Waals surface area contributed by atoms with Crippen LogP contribution in [0.5, 0.6) is 0 Å². The summed E-state index contributed by atoms with van der Waals surface area (Å²) >= 11 is 4.92. The van der Waals surface area contributed by atoms with E-state index in [2.05, 4.69) is 39.6 Å². The van der Waals surface area contributed by atoms with Crippen LogP contribution in [0, 0.1) is 0 Å². The molecule has 2 heterocycles. The maximum atomic E-state index is 5.58. The lowest BCUT2D eigenvalue weighted by Gasteiger charge is -2.08. The second-order valence-electron chi connectivity index (χ2n) is 5.11. The van der Waals surface area contributed by atoms with E-state index in [0.29, 0.717) is 5.82 Å². The van der Waals surface area contributed by atoms with E-state index in [0.717, 1.165) is 34.9 Å². The van der Waals surface area contributed by atoms with Gasteiger partial charge in [0.25, 0.3) is 0 Å². The van der Waals surface area contributed by atoms with Gasteiger partial charge in [0, 0.05) is 23.3 Å². The summed E-state index contributed by atoms with van der Waals surface area (Å²) in [4.78, 5) is 4.08. The number of pyridine rings is 1. The lowest BCUT2D eigenvalue weighted by atomic mass is 9.98. The van der Waals surface area contributed by atoms with E-state index in [4.69, 9.17) is 18.0 Å². The van der Waals surface area contributed by atoms with Crippen molar-refractivity contribution in [2.24, 2.45) is 5.73 Å². The maximum absolute atomic E-state index is 5.58. The fourth-order valence-electron chi connectivity index (χ4n) is 2.59. The van der Waals surface area contributed by atoms with Gasteiger partial charge in [-0.25, -0.2) is 0 Å². The first-order valence-electron chi connectivity index (χ1n) is 7.17. The fourth-order valence-corrected chi connectivity index (χ4v) is 2.68. The number of fused-ring (bicyclic) bond motifs is 1. The summed E-state index contributed by atoms with van der Waals surface area (Å²) in [6.45, 7) is 2.17. The molecule has 0 fully saturated rings. The quantitative estimate of drug-likeness (QED) is 0.645. The molecule has 0 amide bonds. The molecule has 2 aromatic heterocycles. The fraction of sp³-hybridized carbons (Fsp3) is 0.188. The summed E-state index contributed by atoms with van der Waals surface area (Å²) in [6.07, 6.45) is 5.67. The maximum Gasteiger partial charge on any atom is 0.169 e. The molecule has 0 aliphatic heterocycles. The summed E-state index contributed by atoms with van der Waals surface area (Å²) in [6, 6.07) is 8.32. The van der Waals surface area contributed by atoms with E-state index in [9.17, 15) is 0 Å². The Balaban J connectivity index is 2.22. The molecule has 4 N–H and O–H groups in total. The van der Waals surface area contributed by atoms with E-state index >= 15 is 0 Å². The monoisotopic (exact) mass is 311 g/mol. The van der Waals surface area contributed by atoms with Crippen LogP contribution in [0.25, 0.3) is 22.0 Å². The summed E-state index contributed by atoms with van der Waals surface area (Å²) in [5.41, 5.74) is 10.0. The molecule has 3 aromatic rings. The first-order valence-corrected chi connectivity index (χ1v) is 7.57. The van der Waals surface area contributed by atoms with Gasteiger partial charge in [-0.05, 0) is 54.0 Å². The highest BCUT2D eigenvalue weighted by atomic mass is 32.1. The zero-order valence-corrected chi connectivity index (χ0v) is 13.1. The van der Waals surface area contributed by atoms with Crippen LogP contribution in [0.3, 0.4) is 0 Å². The molecule has 22 heavy (non-hydrogen) atoms. The Morgan fingerprint density at radius 2 is 2.09 bits per heavy atom. The summed E-state index contributed by atoms with van der Waals surface area (Å²) in [7, 11) is 0. The standard InChI is InChI=1S/C16H17N5S/c1-2-3-10-8-12(11-4-6-18-7-5-11)14-13(9-10)15(21-20-14)19-16(17)22/h4-9H,2-3H2,1H3,(H4,17,19,20,21,22). The van der Waals surface area contributed by atoms with Crippen molar-refractivity contribution in [3.05, 3.63) is 42.2 Å². The number of aromatic amines is 1. The molecule has 0 saturated carbocycles. The zero-order valence-electron chi connectivity index (χ0n) is 12.3. The molecule has 6 heteroatoms. The summed E-state index contributed by atoms with van der Waals surface area (Å²) in [5.74, 6) is 0.663.